The fourth-order valence-electron chi connectivity index (χ4n) is 1.78. The molecule has 1 aliphatic rings. The summed E-state index contributed by atoms with van der Waals surface area (Å²) in [5.41, 5.74) is 1.17. The van der Waals surface area contributed by atoms with E-state index in [1.54, 1.807) is 7.11 Å². The van der Waals surface area contributed by atoms with Crippen molar-refractivity contribution in [3.05, 3.63) is 48.0 Å². The van der Waals surface area contributed by atoms with E-state index in [-0.39, 0.29) is 18.5 Å². The molecule has 0 bridgehead atoms. The van der Waals surface area contributed by atoms with Crippen molar-refractivity contribution in [2.45, 2.75) is 32.0 Å². The molecule has 0 N–H and O–H groups in total. The van der Waals surface area contributed by atoms with Gasteiger partial charge in [-0.05, 0) is 18.6 Å². The average Bonchev–Trinajstić information content (AvgIpc) is 2.38. The number of ether oxygens (including phenoxy) is 3. The van der Waals surface area contributed by atoms with Gasteiger partial charge in [0.15, 0.2) is 6.29 Å². The van der Waals surface area contributed by atoms with E-state index in [1.807, 2.05) is 37.3 Å². The minimum atomic E-state index is -0.249. The van der Waals surface area contributed by atoms with E-state index in [9.17, 15) is 0 Å². The van der Waals surface area contributed by atoms with Gasteiger partial charge >= 0.3 is 0 Å². The molecule has 0 spiro atoms. The van der Waals surface area contributed by atoms with Crippen molar-refractivity contribution in [2.75, 3.05) is 7.11 Å². The lowest BCUT2D eigenvalue weighted by atomic mass is 10.1. The third-order valence-corrected chi connectivity index (χ3v) is 2.79. The molecule has 3 heteroatoms. The molecule has 0 fully saturated rings. The first-order valence-corrected chi connectivity index (χ1v) is 5.81. The van der Waals surface area contributed by atoms with Crippen LogP contribution < -0.4 is 0 Å². The fraction of sp³-hybridized carbons (Fsp3) is 0.429. The Hall–Kier alpha value is -1.16. The van der Waals surface area contributed by atoms with Gasteiger partial charge in [-0.15, -0.1) is 0 Å². The number of rotatable bonds is 4. The van der Waals surface area contributed by atoms with E-state index in [1.165, 1.54) is 5.56 Å². The van der Waals surface area contributed by atoms with Gasteiger partial charge in [0.05, 0.1) is 12.7 Å². The second-order valence-electron chi connectivity index (χ2n) is 4.09. The number of hydrogen-bond acceptors (Lipinski definition) is 3. The standard InChI is InChI=1S/C14H18O3/c1-11-13(8-9-14(15-2)17-11)16-10-12-6-4-3-5-7-12/h3-9,11,13-14H,10H2,1-2H3/t11-,13+,14+/m1/s1. The summed E-state index contributed by atoms with van der Waals surface area (Å²) in [7, 11) is 1.63. The van der Waals surface area contributed by atoms with Crippen LogP contribution in [-0.4, -0.2) is 25.6 Å². The number of benzene rings is 1. The molecule has 0 saturated carbocycles. The minimum Gasteiger partial charge on any atom is -0.367 e. The molecule has 17 heavy (non-hydrogen) atoms. The van der Waals surface area contributed by atoms with E-state index in [4.69, 9.17) is 14.2 Å². The fourth-order valence-corrected chi connectivity index (χ4v) is 1.78. The third-order valence-electron chi connectivity index (χ3n) is 2.79. The average molecular weight is 234 g/mol. The van der Waals surface area contributed by atoms with Crippen LogP contribution in [0.15, 0.2) is 42.5 Å². The van der Waals surface area contributed by atoms with Gasteiger partial charge in [-0.3, -0.25) is 0 Å². The van der Waals surface area contributed by atoms with E-state index in [2.05, 4.69) is 12.1 Å². The van der Waals surface area contributed by atoms with Crippen LogP contribution in [-0.2, 0) is 20.8 Å². The highest BCUT2D eigenvalue weighted by molar-refractivity contribution is 5.13. The Bertz CT molecular complexity index is 361. The summed E-state index contributed by atoms with van der Waals surface area (Å²) in [6.45, 7) is 2.59. The van der Waals surface area contributed by atoms with Crippen molar-refractivity contribution in [3.63, 3.8) is 0 Å². The molecule has 1 aromatic rings. The predicted octanol–water partition coefficient (Wildman–Crippen LogP) is 2.52. The lowest BCUT2D eigenvalue weighted by Gasteiger charge is -2.29. The summed E-state index contributed by atoms with van der Waals surface area (Å²) in [6, 6.07) is 10.1. The van der Waals surface area contributed by atoms with Crippen molar-refractivity contribution < 1.29 is 14.2 Å². The van der Waals surface area contributed by atoms with Crippen LogP contribution in [0.4, 0.5) is 0 Å². The van der Waals surface area contributed by atoms with Gasteiger partial charge in [-0.2, -0.15) is 0 Å². The molecule has 1 aliphatic heterocycles. The Morgan fingerprint density at radius 2 is 1.94 bits per heavy atom. The van der Waals surface area contributed by atoms with Crippen molar-refractivity contribution in [1.82, 2.24) is 0 Å². The van der Waals surface area contributed by atoms with E-state index >= 15 is 0 Å². The monoisotopic (exact) mass is 234 g/mol. The topological polar surface area (TPSA) is 27.7 Å². The highest BCUT2D eigenvalue weighted by atomic mass is 16.7. The number of methoxy groups -OCH3 is 1. The van der Waals surface area contributed by atoms with Gasteiger partial charge in [0.2, 0.25) is 0 Å². The molecule has 0 unspecified atom stereocenters. The molecule has 1 heterocycles. The summed E-state index contributed by atoms with van der Waals surface area (Å²) >= 11 is 0. The zero-order valence-electron chi connectivity index (χ0n) is 10.2. The molecule has 2 rings (SSSR count). The van der Waals surface area contributed by atoms with Crippen LogP contribution >= 0.6 is 0 Å². The summed E-state index contributed by atoms with van der Waals surface area (Å²) in [5, 5.41) is 0. The van der Waals surface area contributed by atoms with Gasteiger partial charge in [0, 0.05) is 7.11 Å². The molecular weight excluding hydrogens is 216 g/mol. The zero-order valence-corrected chi connectivity index (χ0v) is 10.2. The third kappa shape index (κ3) is 3.40. The van der Waals surface area contributed by atoms with Crippen molar-refractivity contribution in [1.29, 1.82) is 0 Å². The Labute approximate surface area is 102 Å². The van der Waals surface area contributed by atoms with Gasteiger partial charge in [-0.25, -0.2) is 0 Å². The lowest BCUT2D eigenvalue weighted by molar-refractivity contribution is -0.162. The summed E-state index contributed by atoms with van der Waals surface area (Å²) < 4.78 is 16.5. The molecule has 0 aliphatic carbocycles. The smallest absolute Gasteiger partial charge is 0.177 e. The van der Waals surface area contributed by atoms with Gasteiger partial charge < -0.3 is 14.2 Å². The Morgan fingerprint density at radius 1 is 1.18 bits per heavy atom. The maximum Gasteiger partial charge on any atom is 0.177 e. The first kappa shape index (κ1) is 12.3. The molecular formula is C14H18O3. The molecule has 0 saturated heterocycles. The first-order valence-electron chi connectivity index (χ1n) is 5.81. The SMILES string of the molecule is CO[C@@H]1C=C[C@H](OCc2ccccc2)[C@@H](C)O1. The quantitative estimate of drug-likeness (QED) is 0.749. The number of hydrogen-bond donors (Lipinski definition) is 0. The molecule has 3 nitrogen and oxygen atoms in total. The first-order chi connectivity index (χ1) is 8.29. The van der Waals surface area contributed by atoms with E-state index in [0.717, 1.165) is 0 Å². The van der Waals surface area contributed by atoms with E-state index < -0.39 is 0 Å². The van der Waals surface area contributed by atoms with Gasteiger partial charge in [-0.1, -0.05) is 36.4 Å². The van der Waals surface area contributed by atoms with Crippen molar-refractivity contribution >= 4 is 0 Å². The maximum atomic E-state index is 5.81. The van der Waals surface area contributed by atoms with Crippen LogP contribution in [0.3, 0.4) is 0 Å². The van der Waals surface area contributed by atoms with Crippen LogP contribution in [0.25, 0.3) is 0 Å². The largest absolute Gasteiger partial charge is 0.367 e. The molecule has 0 amide bonds. The minimum absolute atomic E-state index is 0.00802. The molecule has 1 aromatic carbocycles. The van der Waals surface area contributed by atoms with Gasteiger partial charge in [0.25, 0.3) is 0 Å². The molecule has 0 radical (unpaired) electrons. The summed E-state index contributed by atoms with van der Waals surface area (Å²) in [4.78, 5) is 0. The lowest BCUT2D eigenvalue weighted by Crippen LogP contribution is -2.35. The second-order valence-corrected chi connectivity index (χ2v) is 4.09. The maximum absolute atomic E-state index is 5.81. The van der Waals surface area contributed by atoms with Crippen LogP contribution in [0.1, 0.15) is 12.5 Å². The highest BCUT2D eigenvalue weighted by Crippen LogP contribution is 2.17. The predicted molar refractivity (Wildman–Crippen MR) is 65.5 cm³/mol. The van der Waals surface area contributed by atoms with Crippen molar-refractivity contribution in [2.24, 2.45) is 0 Å². The van der Waals surface area contributed by atoms with Crippen molar-refractivity contribution in [3.8, 4) is 0 Å². The van der Waals surface area contributed by atoms with Crippen LogP contribution in [0.5, 0.6) is 0 Å². The van der Waals surface area contributed by atoms with E-state index in [0.29, 0.717) is 6.61 Å². The molecule has 0 aromatic heterocycles. The normalized spacial score (nSPS) is 28.2. The highest BCUT2D eigenvalue weighted by Gasteiger charge is 2.23. The Kier molecular flexibility index (Phi) is 4.31. The zero-order chi connectivity index (χ0) is 12.1. The van der Waals surface area contributed by atoms with Gasteiger partial charge in [0.1, 0.15) is 6.10 Å². The van der Waals surface area contributed by atoms with Crippen LogP contribution in [0, 0.1) is 0 Å². The molecule has 92 valence electrons. The Morgan fingerprint density at radius 3 is 2.59 bits per heavy atom. The van der Waals surface area contributed by atoms with Crippen LogP contribution in [0.2, 0.25) is 0 Å². The second kappa shape index (κ2) is 5.96. The molecule has 3 atom stereocenters. The Balaban J connectivity index is 1.88. The summed E-state index contributed by atoms with van der Waals surface area (Å²) in [5.74, 6) is 0. The summed E-state index contributed by atoms with van der Waals surface area (Å²) in [6.07, 6.45) is 3.64.